The van der Waals surface area contributed by atoms with E-state index in [2.05, 4.69) is 22.0 Å². The van der Waals surface area contributed by atoms with Crippen LogP contribution in [-0.4, -0.2) is 44.4 Å². The number of nitro groups is 1. The summed E-state index contributed by atoms with van der Waals surface area (Å²) in [5, 5.41) is 12.9. The fourth-order valence-corrected chi connectivity index (χ4v) is 8.05. The average molecular weight is 536 g/mol. The van der Waals surface area contributed by atoms with Crippen molar-refractivity contribution in [3.05, 3.63) is 104 Å². The first-order chi connectivity index (χ1) is 19.5. The van der Waals surface area contributed by atoms with Crippen LogP contribution in [0.15, 0.2) is 65.5 Å². The normalized spacial score (nSPS) is 24.6. The molecule has 1 fully saturated rings. The van der Waals surface area contributed by atoms with Crippen molar-refractivity contribution in [3.8, 4) is 0 Å². The molecule has 9 heteroatoms. The van der Waals surface area contributed by atoms with Gasteiger partial charge in [0.25, 0.3) is 11.2 Å². The molecule has 2 aromatic carbocycles. The predicted octanol–water partition coefficient (Wildman–Crippen LogP) is 3.99. The highest BCUT2D eigenvalue weighted by Crippen LogP contribution is 2.48. The van der Waals surface area contributed by atoms with E-state index in [-0.39, 0.29) is 45.9 Å². The van der Waals surface area contributed by atoms with E-state index >= 15 is 0 Å². The molecule has 4 aliphatic rings. The molecule has 1 saturated heterocycles. The zero-order valence-corrected chi connectivity index (χ0v) is 22.0. The molecule has 8 rings (SSSR count). The minimum absolute atomic E-state index is 0.0118. The summed E-state index contributed by atoms with van der Waals surface area (Å²) >= 11 is 0. The number of carbonyl (C=O) groups excluding carboxylic acids is 1. The molecule has 4 atom stereocenters. The molecule has 0 saturated carbocycles. The SMILES string of the molecule is O=C([C@@H]1Cc2cc([N+](=O)[O-])ccc2N2C[C@H]3C[C@@H](Cn4c3cccc4=O)[C@@H]12)N1CCc2c([nH]c3ccccc23)C1. The lowest BCUT2D eigenvalue weighted by atomic mass is 9.69. The van der Waals surface area contributed by atoms with E-state index in [1.54, 1.807) is 18.2 Å². The third-order valence-electron chi connectivity index (χ3n) is 9.71. The Hall–Kier alpha value is -4.40. The molecule has 202 valence electrons. The molecular formula is C31H29N5O4. The lowest BCUT2D eigenvalue weighted by Crippen LogP contribution is -2.61. The molecule has 0 unspecified atom stereocenters. The second kappa shape index (κ2) is 8.55. The van der Waals surface area contributed by atoms with Crippen molar-refractivity contribution in [2.45, 2.75) is 44.3 Å². The van der Waals surface area contributed by atoms with Gasteiger partial charge in [0.1, 0.15) is 0 Å². The van der Waals surface area contributed by atoms with Gasteiger partial charge in [0, 0.05) is 77.8 Å². The number of nitrogens with zero attached hydrogens (tertiary/aromatic N) is 4. The van der Waals surface area contributed by atoms with Gasteiger partial charge in [-0.2, -0.15) is 0 Å². The van der Waals surface area contributed by atoms with Crippen molar-refractivity contribution in [1.29, 1.82) is 0 Å². The molecule has 0 aliphatic carbocycles. The van der Waals surface area contributed by atoms with Crippen LogP contribution in [0, 0.1) is 22.0 Å². The molecule has 2 bridgehead atoms. The summed E-state index contributed by atoms with van der Waals surface area (Å²) in [6.07, 6.45) is 2.19. The number of nitrogens with one attached hydrogen (secondary N) is 1. The summed E-state index contributed by atoms with van der Waals surface area (Å²) < 4.78 is 1.90. The number of carbonyl (C=O) groups is 1. The number of aromatic amines is 1. The Morgan fingerprint density at radius 3 is 2.80 bits per heavy atom. The van der Waals surface area contributed by atoms with Crippen LogP contribution in [0.4, 0.5) is 11.4 Å². The number of H-pyrrole nitrogens is 1. The van der Waals surface area contributed by atoms with E-state index in [1.807, 2.05) is 39.8 Å². The van der Waals surface area contributed by atoms with Crippen molar-refractivity contribution in [2.75, 3.05) is 18.0 Å². The Morgan fingerprint density at radius 2 is 1.93 bits per heavy atom. The van der Waals surface area contributed by atoms with Crippen LogP contribution < -0.4 is 10.5 Å². The summed E-state index contributed by atoms with van der Waals surface area (Å²) in [5.74, 6) is 0.0650. The van der Waals surface area contributed by atoms with Gasteiger partial charge in [-0.1, -0.05) is 24.3 Å². The first-order valence-electron chi connectivity index (χ1n) is 14.1. The molecule has 2 aromatic heterocycles. The Kier molecular flexibility index (Phi) is 5.02. The van der Waals surface area contributed by atoms with E-state index < -0.39 is 0 Å². The number of non-ortho nitro benzene ring substituents is 1. The van der Waals surface area contributed by atoms with Gasteiger partial charge in [-0.3, -0.25) is 19.7 Å². The lowest BCUT2D eigenvalue weighted by Gasteiger charge is -2.54. The van der Waals surface area contributed by atoms with Gasteiger partial charge in [0.15, 0.2) is 0 Å². The van der Waals surface area contributed by atoms with E-state index in [0.29, 0.717) is 32.6 Å². The summed E-state index contributed by atoms with van der Waals surface area (Å²) in [6, 6.07) is 18.8. The van der Waals surface area contributed by atoms with Crippen LogP contribution >= 0.6 is 0 Å². The largest absolute Gasteiger partial charge is 0.366 e. The molecule has 4 aromatic rings. The van der Waals surface area contributed by atoms with Crippen LogP contribution in [0.3, 0.4) is 0 Å². The molecule has 1 amide bonds. The number of benzene rings is 2. The standard InChI is InChI=1S/C31H29N5O4/c37-29-7-3-6-27-19-12-20(16-34(27)29)30-24(14-18-13-21(36(39)40)8-9-28(18)35(30)15-19)31(38)33-11-10-23-22-4-1-2-5-25(22)32-26(23)17-33/h1-9,13,19-20,24,30,32H,10-12,14-17H2/t19-,20+,24-,30+/m1/s1. The van der Waals surface area contributed by atoms with Crippen LogP contribution in [0.2, 0.25) is 0 Å². The van der Waals surface area contributed by atoms with Gasteiger partial charge in [0.2, 0.25) is 5.91 Å². The maximum Gasteiger partial charge on any atom is 0.269 e. The zero-order valence-electron chi connectivity index (χ0n) is 22.0. The minimum Gasteiger partial charge on any atom is -0.366 e. The van der Waals surface area contributed by atoms with E-state index in [1.165, 1.54) is 10.9 Å². The number of nitro benzene ring substituents is 1. The van der Waals surface area contributed by atoms with Gasteiger partial charge in [-0.25, -0.2) is 0 Å². The van der Waals surface area contributed by atoms with Gasteiger partial charge in [0.05, 0.1) is 17.4 Å². The number of hydrogen-bond donors (Lipinski definition) is 1. The van der Waals surface area contributed by atoms with Crippen LogP contribution in [0.25, 0.3) is 10.9 Å². The van der Waals surface area contributed by atoms with E-state index in [4.69, 9.17) is 0 Å². The van der Waals surface area contributed by atoms with Gasteiger partial charge >= 0.3 is 0 Å². The quantitative estimate of drug-likeness (QED) is 0.309. The Morgan fingerprint density at radius 1 is 1.05 bits per heavy atom. The number of anilines is 1. The Labute approximate surface area is 230 Å². The van der Waals surface area contributed by atoms with Crippen molar-refractivity contribution in [1.82, 2.24) is 14.5 Å². The van der Waals surface area contributed by atoms with Gasteiger partial charge < -0.3 is 19.4 Å². The third-order valence-corrected chi connectivity index (χ3v) is 9.71. The summed E-state index contributed by atoms with van der Waals surface area (Å²) in [4.78, 5) is 46.3. The minimum atomic E-state index is -0.362. The number of amides is 1. The summed E-state index contributed by atoms with van der Waals surface area (Å²) in [5.41, 5.74) is 6.42. The number of para-hydroxylation sites is 1. The topological polar surface area (TPSA) is 104 Å². The Balaban J connectivity index is 1.19. The second-order valence-electron chi connectivity index (χ2n) is 11.8. The predicted molar refractivity (Wildman–Crippen MR) is 150 cm³/mol. The fraction of sp³-hybridized carbons (Fsp3) is 0.355. The van der Waals surface area contributed by atoms with Crippen molar-refractivity contribution in [3.63, 3.8) is 0 Å². The highest BCUT2D eigenvalue weighted by atomic mass is 16.6. The average Bonchev–Trinajstić information content (AvgIpc) is 3.34. The fourth-order valence-electron chi connectivity index (χ4n) is 8.05. The van der Waals surface area contributed by atoms with Gasteiger partial charge in [-0.15, -0.1) is 0 Å². The van der Waals surface area contributed by atoms with Crippen molar-refractivity contribution in [2.24, 2.45) is 11.8 Å². The van der Waals surface area contributed by atoms with Gasteiger partial charge in [-0.05, 0) is 54.5 Å². The molecule has 4 aliphatic heterocycles. The van der Waals surface area contributed by atoms with E-state index in [9.17, 15) is 19.7 Å². The van der Waals surface area contributed by atoms with E-state index in [0.717, 1.165) is 41.0 Å². The monoisotopic (exact) mass is 535 g/mol. The molecule has 0 radical (unpaired) electrons. The number of piperidine rings is 1. The number of aromatic nitrogens is 2. The van der Waals surface area contributed by atoms with Crippen LogP contribution in [0.1, 0.15) is 34.9 Å². The summed E-state index contributed by atoms with van der Waals surface area (Å²) in [6.45, 7) is 2.45. The summed E-state index contributed by atoms with van der Waals surface area (Å²) in [7, 11) is 0. The maximum atomic E-state index is 14.4. The Bertz CT molecular complexity index is 1770. The van der Waals surface area contributed by atoms with Crippen molar-refractivity contribution >= 4 is 28.2 Å². The maximum absolute atomic E-state index is 14.4. The molecule has 40 heavy (non-hydrogen) atoms. The molecule has 1 N–H and O–H groups in total. The second-order valence-corrected chi connectivity index (χ2v) is 11.8. The molecular weight excluding hydrogens is 506 g/mol. The zero-order chi connectivity index (χ0) is 27.1. The first-order valence-corrected chi connectivity index (χ1v) is 14.1. The number of pyridine rings is 1. The highest BCUT2D eigenvalue weighted by Gasteiger charge is 2.50. The molecule has 0 spiro atoms. The number of rotatable bonds is 2. The molecule has 9 nitrogen and oxygen atoms in total. The number of fused-ring (bicyclic) bond motifs is 11. The smallest absolute Gasteiger partial charge is 0.269 e. The molecule has 6 heterocycles. The third kappa shape index (κ3) is 3.39. The number of hydrogen-bond acceptors (Lipinski definition) is 5. The highest BCUT2D eigenvalue weighted by molar-refractivity contribution is 5.87. The van der Waals surface area contributed by atoms with Crippen molar-refractivity contribution < 1.29 is 9.72 Å². The van der Waals surface area contributed by atoms with Crippen LogP contribution in [-0.2, 0) is 30.7 Å². The lowest BCUT2D eigenvalue weighted by molar-refractivity contribution is -0.384. The first kappa shape index (κ1) is 23.5. The van der Waals surface area contributed by atoms with Crippen LogP contribution in [0.5, 0.6) is 0 Å².